The fraction of sp³-hybridized carbons (Fsp3) is 0.250. The van der Waals surface area contributed by atoms with Crippen molar-refractivity contribution in [3.05, 3.63) is 36.2 Å². The fourth-order valence-corrected chi connectivity index (χ4v) is 0.738. The van der Waals surface area contributed by atoms with Gasteiger partial charge in [0.2, 0.25) is 0 Å². The molecule has 1 aliphatic heterocycles. The van der Waals surface area contributed by atoms with Gasteiger partial charge in [-0.2, -0.15) is 0 Å². The zero-order chi connectivity index (χ0) is 6.85. The lowest BCUT2D eigenvalue weighted by molar-refractivity contribution is 0.584. The molecular weight excluding hydrogens is 110 g/mol. The second kappa shape index (κ2) is 2.09. The molecule has 48 valence electrons. The third kappa shape index (κ3) is 1.22. The minimum absolute atomic E-state index is 1.05. The van der Waals surface area contributed by atoms with Crippen LogP contribution in [0.1, 0.15) is 6.92 Å². The van der Waals surface area contributed by atoms with Crippen LogP contribution in [0.4, 0.5) is 0 Å². The smallest absolute Gasteiger partial charge is 0.0333 e. The van der Waals surface area contributed by atoms with Crippen molar-refractivity contribution in [1.82, 2.24) is 4.90 Å². The van der Waals surface area contributed by atoms with E-state index in [1.54, 1.807) is 0 Å². The lowest BCUT2D eigenvalue weighted by Gasteiger charge is -2.17. The first-order chi connectivity index (χ1) is 4.20. The highest BCUT2D eigenvalue weighted by Gasteiger charge is 1.98. The van der Waals surface area contributed by atoms with Crippen molar-refractivity contribution in [3.8, 4) is 0 Å². The summed E-state index contributed by atoms with van der Waals surface area (Å²) in [6, 6.07) is 0. The van der Waals surface area contributed by atoms with E-state index in [9.17, 15) is 0 Å². The molecular formula is C8H11N. The van der Waals surface area contributed by atoms with Crippen molar-refractivity contribution >= 4 is 0 Å². The van der Waals surface area contributed by atoms with Gasteiger partial charge in [0.15, 0.2) is 0 Å². The van der Waals surface area contributed by atoms with E-state index in [0.717, 1.165) is 5.70 Å². The molecule has 0 fully saturated rings. The molecule has 0 atom stereocenters. The first-order valence-corrected chi connectivity index (χ1v) is 2.98. The molecule has 0 radical (unpaired) electrons. The Hall–Kier alpha value is -0.980. The molecule has 0 unspecified atom stereocenters. The van der Waals surface area contributed by atoms with Gasteiger partial charge in [0.1, 0.15) is 0 Å². The lowest BCUT2D eigenvalue weighted by atomic mass is 10.2. The number of likely N-dealkylation sites (N-methyl/N-ethyl adjacent to an activating group) is 1. The van der Waals surface area contributed by atoms with Gasteiger partial charge in [-0.1, -0.05) is 6.58 Å². The van der Waals surface area contributed by atoms with E-state index in [2.05, 4.69) is 25.7 Å². The van der Waals surface area contributed by atoms with Crippen molar-refractivity contribution in [2.75, 3.05) is 7.05 Å². The van der Waals surface area contributed by atoms with Gasteiger partial charge in [0.05, 0.1) is 0 Å². The van der Waals surface area contributed by atoms with Crippen LogP contribution in [0.5, 0.6) is 0 Å². The second-order valence-electron chi connectivity index (χ2n) is 2.31. The van der Waals surface area contributed by atoms with Crippen LogP contribution in [0.15, 0.2) is 36.2 Å². The predicted molar refractivity (Wildman–Crippen MR) is 39.8 cm³/mol. The standard InChI is InChI=1S/C8H11N/c1-7-4-5-9(3)8(2)6-7/h4-6H,2H2,1,3H3. The van der Waals surface area contributed by atoms with Gasteiger partial charge in [-0.05, 0) is 24.6 Å². The monoisotopic (exact) mass is 121 g/mol. The Balaban J connectivity index is 2.82. The van der Waals surface area contributed by atoms with E-state index < -0.39 is 0 Å². The zero-order valence-electron chi connectivity index (χ0n) is 5.89. The van der Waals surface area contributed by atoms with Crippen LogP contribution in [-0.2, 0) is 0 Å². The van der Waals surface area contributed by atoms with Gasteiger partial charge in [-0.15, -0.1) is 0 Å². The Morgan fingerprint density at radius 1 is 1.56 bits per heavy atom. The normalized spacial score (nSPS) is 18.2. The van der Waals surface area contributed by atoms with Crippen LogP contribution in [-0.4, -0.2) is 11.9 Å². The summed E-state index contributed by atoms with van der Waals surface area (Å²) in [5.74, 6) is 0. The number of allylic oxidation sites excluding steroid dienone is 3. The number of nitrogens with zero attached hydrogens (tertiary/aromatic N) is 1. The summed E-state index contributed by atoms with van der Waals surface area (Å²) in [5, 5.41) is 0. The Labute approximate surface area is 56.0 Å². The van der Waals surface area contributed by atoms with Gasteiger partial charge >= 0.3 is 0 Å². The van der Waals surface area contributed by atoms with Crippen molar-refractivity contribution in [3.63, 3.8) is 0 Å². The Kier molecular flexibility index (Phi) is 1.43. The molecule has 0 aromatic carbocycles. The number of hydrogen-bond acceptors (Lipinski definition) is 1. The average Bonchev–Trinajstić information content (AvgIpc) is 1.80. The molecule has 0 aromatic rings. The minimum atomic E-state index is 1.05. The third-order valence-corrected chi connectivity index (χ3v) is 1.41. The van der Waals surface area contributed by atoms with E-state index in [4.69, 9.17) is 0 Å². The molecule has 0 aliphatic carbocycles. The highest BCUT2D eigenvalue weighted by Crippen LogP contribution is 2.11. The van der Waals surface area contributed by atoms with E-state index >= 15 is 0 Å². The Bertz CT molecular complexity index is 187. The summed E-state index contributed by atoms with van der Waals surface area (Å²) in [7, 11) is 1.99. The van der Waals surface area contributed by atoms with Gasteiger partial charge in [-0.25, -0.2) is 0 Å². The van der Waals surface area contributed by atoms with Crippen molar-refractivity contribution in [2.24, 2.45) is 0 Å². The van der Waals surface area contributed by atoms with Gasteiger partial charge < -0.3 is 4.90 Å². The Morgan fingerprint density at radius 3 is 2.67 bits per heavy atom. The van der Waals surface area contributed by atoms with Crippen molar-refractivity contribution in [1.29, 1.82) is 0 Å². The van der Waals surface area contributed by atoms with Gasteiger partial charge in [0.25, 0.3) is 0 Å². The molecule has 1 heteroatoms. The van der Waals surface area contributed by atoms with Gasteiger partial charge in [0, 0.05) is 18.9 Å². The summed E-state index contributed by atoms with van der Waals surface area (Å²) in [6.07, 6.45) is 6.13. The first-order valence-electron chi connectivity index (χ1n) is 2.98. The topological polar surface area (TPSA) is 3.24 Å². The summed E-state index contributed by atoms with van der Waals surface area (Å²) >= 11 is 0. The summed E-state index contributed by atoms with van der Waals surface area (Å²) < 4.78 is 0. The fourth-order valence-electron chi connectivity index (χ4n) is 0.738. The highest BCUT2D eigenvalue weighted by atomic mass is 15.1. The Morgan fingerprint density at radius 2 is 2.22 bits per heavy atom. The van der Waals surface area contributed by atoms with Crippen LogP contribution in [0.25, 0.3) is 0 Å². The average molecular weight is 121 g/mol. The molecule has 0 bridgehead atoms. The predicted octanol–water partition coefficient (Wildman–Crippen LogP) is 1.91. The maximum atomic E-state index is 3.84. The molecule has 1 rings (SSSR count). The van der Waals surface area contributed by atoms with Crippen LogP contribution in [0.2, 0.25) is 0 Å². The summed E-state index contributed by atoms with van der Waals surface area (Å²) in [4.78, 5) is 1.99. The molecule has 1 heterocycles. The van der Waals surface area contributed by atoms with Crippen molar-refractivity contribution < 1.29 is 0 Å². The molecule has 0 saturated carbocycles. The maximum Gasteiger partial charge on any atom is 0.0333 e. The molecule has 0 spiro atoms. The van der Waals surface area contributed by atoms with Crippen LogP contribution in [0.3, 0.4) is 0 Å². The minimum Gasteiger partial charge on any atom is -0.352 e. The molecule has 1 nitrogen and oxygen atoms in total. The molecule has 1 aliphatic rings. The van der Waals surface area contributed by atoms with E-state index in [-0.39, 0.29) is 0 Å². The third-order valence-electron chi connectivity index (χ3n) is 1.41. The van der Waals surface area contributed by atoms with E-state index in [1.165, 1.54) is 5.57 Å². The zero-order valence-corrected chi connectivity index (χ0v) is 5.89. The molecule has 0 saturated heterocycles. The lowest BCUT2D eigenvalue weighted by Crippen LogP contribution is -2.09. The van der Waals surface area contributed by atoms with Crippen LogP contribution in [0, 0.1) is 0 Å². The van der Waals surface area contributed by atoms with Gasteiger partial charge in [-0.3, -0.25) is 0 Å². The van der Waals surface area contributed by atoms with Crippen LogP contribution >= 0.6 is 0 Å². The van der Waals surface area contributed by atoms with E-state index in [0.29, 0.717) is 0 Å². The highest BCUT2D eigenvalue weighted by molar-refractivity contribution is 5.31. The number of hydrogen-bond donors (Lipinski definition) is 0. The number of rotatable bonds is 0. The molecule has 0 amide bonds. The largest absolute Gasteiger partial charge is 0.352 e. The summed E-state index contributed by atoms with van der Waals surface area (Å²) in [6.45, 7) is 5.91. The van der Waals surface area contributed by atoms with E-state index in [1.807, 2.05) is 18.1 Å². The quantitative estimate of drug-likeness (QED) is 0.473. The molecule has 0 N–H and O–H groups in total. The summed E-state index contributed by atoms with van der Waals surface area (Å²) in [5.41, 5.74) is 2.31. The van der Waals surface area contributed by atoms with Crippen LogP contribution < -0.4 is 0 Å². The molecule has 9 heavy (non-hydrogen) atoms. The maximum absolute atomic E-state index is 3.84. The second-order valence-corrected chi connectivity index (χ2v) is 2.31. The SMILES string of the molecule is C=C1C=C(C)C=CN1C. The molecule has 0 aromatic heterocycles. The first kappa shape index (κ1) is 6.14. The van der Waals surface area contributed by atoms with Crippen molar-refractivity contribution in [2.45, 2.75) is 6.92 Å².